The zero-order valence-corrected chi connectivity index (χ0v) is 20.3. The molecule has 5 N–H and O–H groups in total. The molecule has 10 nitrogen and oxygen atoms in total. The zero-order valence-electron chi connectivity index (χ0n) is 20.3. The zero-order chi connectivity index (χ0) is 28.0. The molecule has 10 heteroatoms. The summed E-state index contributed by atoms with van der Waals surface area (Å²) in [6.45, 7) is 1.83. The number of aromatic nitrogens is 1. The number of aryl methyl sites for hydroxylation is 1. The monoisotopic (exact) mass is 525 g/mol. The number of phenols is 3. The van der Waals surface area contributed by atoms with Crippen LogP contribution in [0.4, 0.5) is 0 Å². The molecule has 0 saturated carbocycles. The number of Topliss-reactive ketones (excluding diaryl/α,β-unsaturated/α-hetero) is 3. The number of carbonyl (C=O) groups excluding carboxylic acids is 4. The van der Waals surface area contributed by atoms with Crippen molar-refractivity contribution in [2.75, 3.05) is 0 Å². The second-order valence-electron chi connectivity index (χ2n) is 9.65. The average Bonchev–Trinajstić information content (AvgIpc) is 3.37. The number of aliphatic hydroxyl groups is 1. The van der Waals surface area contributed by atoms with E-state index in [1.54, 1.807) is 36.4 Å². The van der Waals surface area contributed by atoms with Crippen LogP contribution in [-0.2, 0) is 11.8 Å². The normalized spacial score (nSPS) is 20.0. The van der Waals surface area contributed by atoms with Gasteiger partial charge in [-0.15, -0.1) is 0 Å². The number of aliphatic hydroxyl groups excluding tert-OH is 1. The van der Waals surface area contributed by atoms with Crippen LogP contribution < -0.4 is 5.56 Å². The van der Waals surface area contributed by atoms with Crippen LogP contribution in [0.3, 0.4) is 0 Å². The number of benzene rings is 2. The Labute approximate surface area is 218 Å². The number of aromatic amines is 1. The van der Waals surface area contributed by atoms with Gasteiger partial charge in [-0.2, -0.15) is 0 Å². The molecule has 39 heavy (non-hydrogen) atoms. The molecule has 2 aromatic carbocycles. The van der Waals surface area contributed by atoms with Gasteiger partial charge in [-0.05, 0) is 42.9 Å². The fourth-order valence-electron chi connectivity index (χ4n) is 5.98. The first kappa shape index (κ1) is 24.1. The van der Waals surface area contributed by atoms with Crippen LogP contribution in [0.25, 0.3) is 16.8 Å². The summed E-state index contributed by atoms with van der Waals surface area (Å²) in [6, 6.07) is 3.24. The lowest BCUT2D eigenvalue weighted by atomic mass is 9.76. The molecule has 0 saturated heterocycles. The van der Waals surface area contributed by atoms with Gasteiger partial charge in [0.25, 0.3) is 5.56 Å². The maximum atomic E-state index is 13.9. The highest BCUT2D eigenvalue weighted by molar-refractivity contribution is 6.38. The molecule has 0 fully saturated rings. The first-order chi connectivity index (χ1) is 18.5. The molecule has 0 aliphatic heterocycles. The molecule has 0 amide bonds. The average molecular weight is 525 g/mol. The van der Waals surface area contributed by atoms with Gasteiger partial charge in [0.1, 0.15) is 22.7 Å². The van der Waals surface area contributed by atoms with Crippen molar-refractivity contribution in [2.45, 2.75) is 25.2 Å². The molecule has 1 spiro atoms. The topological polar surface area (TPSA) is 182 Å². The number of rotatable bonds is 2. The summed E-state index contributed by atoms with van der Waals surface area (Å²) < 4.78 is 0. The van der Waals surface area contributed by atoms with Crippen molar-refractivity contribution < 1.29 is 39.6 Å². The minimum atomic E-state index is -2.10. The van der Waals surface area contributed by atoms with Crippen LogP contribution in [0.5, 0.6) is 17.2 Å². The molecule has 194 valence electrons. The van der Waals surface area contributed by atoms with Crippen LogP contribution in [0.1, 0.15) is 71.6 Å². The number of ketones is 4. The highest BCUT2D eigenvalue weighted by Gasteiger charge is 2.61. The second kappa shape index (κ2) is 7.87. The van der Waals surface area contributed by atoms with Gasteiger partial charge >= 0.3 is 0 Å². The molecule has 3 aromatic rings. The van der Waals surface area contributed by atoms with Gasteiger partial charge in [-0.1, -0.05) is 24.3 Å². The van der Waals surface area contributed by atoms with Crippen molar-refractivity contribution in [1.82, 2.24) is 4.98 Å². The Bertz CT molecular complexity index is 1900. The molecule has 6 rings (SSSR count). The highest BCUT2D eigenvalue weighted by atomic mass is 16.3. The molecular weight excluding hydrogens is 506 g/mol. The standard InChI is InChI=1S/C29H19NO9/c1-2-3-4-5-13-9-12-8-11-6-7-29(21(11)25(36)16(12)28(39)30-13)26(37)19-20(27(29)38)24(35)18-17(23(19)34)14(31)10-15(32)22(18)33/h2-5,8-10,32,34-36H,6-7H2,1H3,(H,30,39)/b3-2+,5-4+. The SMILES string of the molecule is C/C=C/C=C/c1cc2cc3c(c(O)c2c(=O)[nH]1)C1(CC3)C(=O)c2c(O)c3c(c(O)c2C1=O)C(=O)C(O)=CC3=O. The first-order valence-electron chi connectivity index (χ1n) is 12.0. The molecule has 1 unspecified atom stereocenters. The number of pyridine rings is 1. The Balaban J connectivity index is 1.60. The quantitative estimate of drug-likeness (QED) is 0.190. The maximum absolute atomic E-state index is 13.9. The summed E-state index contributed by atoms with van der Waals surface area (Å²) in [5, 5.41) is 43.3. The molecule has 3 aliphatic rings. The summed E-state index contributed by atoms with van der Waals surface area (Å²) >= 11 is 0. The Kier molecular flexibility index (Phi) is 4.87. The van der Waals surface area contributed by atoms with Gasteiger partial charge in [0.15, 0.2) is 23.1 Å². The van der Waals surface area contributed by atoms with Crippen LogP contribution in [-0.4, -0.2) is 48.5 Å². The van der Waals surface area contributed by atoms with E-state index in [0.29, 0.717) is 22.7 Å². The summed E-state index contributed by atoms with van der Waals surface area (Å²) in [5.41, 5.74) is -4.84. The lowest BCUT2D eigenvalue weighted by Crippen LogP contribution is -2.36. The lowest BCUT2D eigenvalue weighted by Gasteiger charge is -2.22. The van der Waals surface area contributed by atoms with E-state index in [1.807, 2.05) is 6.92 Å². The van der Waals surface area contributed by atoms with Crippen molar-refractivity contribution in [3.8, 4) is 17.2 Å². The number of phenolic OH excluding ortho intramolecular Hbond substituents is 3. The van der Waals surface area contributed by atoms with E-state index in [2.05, 4.69) is 4.98 Å². The number of aromatic hydroxyl groups is 3. The first-order valence-corrected chi connectivity index (χ1v) is 12.0. The molecule has 0 bridgehead atoms. The molecule has 1 atom stereocenters. The molecular formula is C29H19NO9. The van der Waals surface area contributed by atoms with Crippen LogP contribution in [0.2, 0.25) is 0 Å². The van der Waals surface area contributed by atoms with Crippen molar-refractivity contribution in [2.24, 2.45) is 0 Å². The van der Waals surface area contributed by atoms with E-state index in [-0.39, 0.29) is 23.8 Å². The Morgan fingerprint density at radius 3 is 2.18 bits per heavy atom. The lowest BCUT2D eigenvalue weighted by molar-refractivity contribution is 0.0790. The van der Waals surface area contributed by atoms with Crippen molar-refractivity contribution in [3.63, 3.8) is 0 Å². The fraction of sp³-hybridized carbons (Fsp3) is 0.138. The minimum absolute atomic E-state index is 0.126. The summed E-state index contributed by atoms with van der Waals surface area (Å²) in [7, 11) is 0. The van der Waals surface area contributed by atoms with Gasteiger partial charge in [-0.3, -0.25) is 24.0 Å². The number of hydrogen-bond donors (Lipinski definition) is 5. The second-order valence-corrected chi connectivity index (χ2v) is 9.65. The summed E-state index contributed by atoms with van der Waals surface area (Å²) in [6.07, 6.45) is 7.48. The van der Waals surface area contributed by atoms with E-state index in [1.165, 1.54) is 0 Å². The van der Waals surface area contributed by atoms with Gasteiger partial charge in [0, 0.05) is 17.3 Å². The van der Waals surface area contributed by atoms with E-state index in [4.69, 9.17) is 0 Å². The summed E-state index contributed by atoms with van der Waals surface area (Å²) in [4.78, 5) is 68.5. The summed E-state index contributed by atoms with van der Waals surface area (Å²) in [5.74, 6) is -7.79. The number of H-pyrrole nitrogens is 1. The minimum Gasteiger partial charge on any atom is -0.507 e. The third-order valence-corrected chi connectivity index (χ3v) is 7.64. The molecule has 1 heterocycles. The Hall–Kier alpha value is -5.25. The Morgan fingerprint density at radius 1 is 0.846 bits per heavy atom. The van der Waals surface area contributed by atoms with E-state index in [9.17, 15) is 44.4 Å². The number of nitrogens with one attached hydrogen (secondary N) is 1. The van der Waals surface area contributed by atoms with E-state index < -0.39 is 79.4 Å². The van der Waals surface area contributed by atoms with Crippen molar-refractivity contribution in [1.29, 1.82) is 0 Å². The number of fused-ring (bicyclic) bond motifs is 5. The Morgan fingerprint density at radius 2 is 1.51 bits per heavy atom. The van der Waals surface area contributed by atoms with Gasteiger partial charge < -0.3 is 25.4 Å². The smallest absolute Gasteiger partial charge is 0.260 e. The fourth-order valence-corrected chi connectivity index (χ4v) is 5.98. The van der Waals surface area contributed by atoms with Crippen LogP contribution in [0.15, 0.2) is 47.0 Å². The predicted molar refractivity (Wildman–Crippen MR) is 138 cm³/mol. The highest BCUT2D eigenvalue weighted by Crippen LogP contribution is 2.57. The van der Waals surface area contributed by atoms with E-state index in [0.717, 1.165) is 0 Å². The molecule has 3 aliphatic carbocycles. The third kappa shape index (κ3) is 2.88. The molecule has 1 aromatic heterocycles. The maximum Gasteiger partial charge on any atom is 0.260 e. The number of hydrogen-bond acceptors (Lipinski definition) is 9. The largest absolute Gasteiger partial charge is 0.507 e. The van der Waals surface area contributed by atoms with E-state index >= 15 is 0 Å². The number of carbonyl (C=O) groups is 4. The predicted octanol–water partition coefficient (Wildman–Crippen LogP) is 3.32. The van der Waals surface area contributed by atoms with Gasteiger partial charge in [-0.25, -0.2) is 0 Å². The number of allylic oxidation sites excluding steroid dienone is 5. The van der Waals surface area contributed by atoms with Crippen molar-refractivity contribution >= 4 is 40.0 Å². The van der Waals surface area contributed by atoms with Gasteiger partial charge in [0.05, 0.1) is 27.6 Å². The molecule has 0 radical (unpaired) electrons. The van der Waals surface area contributed by atoms with Crippen molar-refractivity contribution in [3.05, 3.63) is 91.6 Å². The third-order valence-electron chi connectivity index (χ3n) is 7.64. The van der Waals surface area contributed by atoms with Crippen LogP contribution >= 0.6 is 0 Å². The van der Waals surface area contributed by atoms with Gasteiger partial charge in [0.2, 0.25) is 5.78 Å². The van der Waals surface area contributed by atoms with Crippen LogP contribution in [0, 0.1) is 0 Å².